The second kappa shape index (κ2) is 7.22. The van der Waals surface area contributed by atoms with Gasteiger partial charge in [-0.05, 0) is 37.3 Å². The van der Waals surface area contributed by atoms with Gasteiger partial charge in [-0.3, -0.25) is 14.9 Å². The standard InChI is InChI=1S/C20H17FN4O3/c1-12-5-7-16(8-6-12)25-11-14(10-17(25)26)19-23-24-20(28-19)22-18(27)13-3-2-4-15(21)9-13/h2-9,14H,10-11H2,1H3,(H,22,24,27)/t14-/m1/s1. The third kappa shape index (κ3) is 3.62. The molecule has 0 radical (unpaired) electrons. The summed E-state index contributed by atoms with van der Waals surface area (Å²) in [6, 6.07) is 12.9. The van der Waals surface area contributed by atoms with Crippen molar-refractivity contribution in [1.82, 2.24) is 10.2 Å². The van der Waals surface area contributed by atoms with Crippen molar-refractivity contribution in [2.24, 2.45) is 0 Å². The predicted molar refractivity (Wildman–Crippen MR) is 99.5 cm³/mol. The summed E-state index contributed by atoms with van der Waals surface area (Å²) in [6.07, 6.45) is 0.243. The van der Waals surface area contributed by atoms with Gasteiger partial charge in [0.25, 0.3) is 5.91 Å². The molecule has 3 aromatic rings. The first-order chi connectivity index (χ1) is 13.5. The zero-order chi connectivity index (χ0) is 19.7. The molecule has 4 rings (SSSR count). The molecule has 2 aromatic carbocycles. The van der Waals surface area contributed by atoms with Crippen LogP contribution in [0.2, 0.25) is 0 Å². The number of nitrogens with one attached hydrogen (secondary N) is 1. The minimum absolute atomic E-state index is 0.0302. The highest BCUT2D eigenvalue weighted by molar-refractivity contribution is 6.03. The maximum absolute atomic E-state index is 13.2. The molecular weight excluding hydrogens is 363 g/mol. The molecular formula is C20H17FN4O3. The third-order valence-corrected chi connectivity index (χ3v) is 4.57. The number of carbonyl (C=O) groups excluding carboxylic acids is 2. The van der Waals surface area contributed by atoms with Gasteiger partial charge in [-0.1, -0.05) is 28.9 Å². The van der Waals surface area contributed by atoms with E-state index in [9.17, 15) is 14.0 Å². The van der Waals surface area contributed by atoms with Crippen molar-refractivity contribution in [1.29, 1.82) is 0 Å². The fourth-order valence-corrected chi connectivity index (χ4v) is 3.10. The highest BCUT2D eigenvalue weighted by atomic mass is 19.1. The van der Waals surface area contributed by atoms with Gasteiger partial charge in [0.05, 0.1) is 5.92 Å². The number of hydrogen-bond acceptors (Lipinski definition) is 5. The fraction of sp³-hybridized carbons (Fsp3) is 0.200. The largest absolute Gasteiger partial charge is 0.407 e. The summed E-state index contributed by atoms with van der Waals surface area (Å²) in [7, 11) is 0. The van der Waals surface area contributed by atoms with Gasteiger partial charge in [-0.15, -0.1) is 5.10 Å². The molecule has 1 atom stereocenters. The average Bonchev–Trinajstić information content (AvgIpc) is 3.29. The number of anilines is 2. The van der Waals surface area contributed by atoms with Crippen LogP contribution in [0.5, 0.6) is 0 Å². The average molecular weight is 380 g/mol. The van der Waals surface area contributed by atoms with Crippen LogP contribution in [0.3, 0.4) is 0 Å². The van der Waals surface area contributed by atoms with Crippen molar-refractivity contribution < 1.29 is 18.4 Å². The van der Waals surface area contributed by atoms with Gasteiger partial charge in [0, 0.05) is 24.2 Å². The summed E-state index contributed by atoms with van der Waals surface area (Å²) >= 11 is 0. The van der Waals surface area contributed by atoms with Gasteiger partial charge < -0.3 is 9.32 Å². The molecule has 8 heteroatoms. The molecule has 1 aromatic heterocycles. The maximum Gasteiger partial charge on any atom is 0.322 e. The van der Waals surface area contributed by atoms with Crippen molar-refractivity contribution in [2.75, 3.05) is 16.8 Å². The number of hydrogen-bond donors (Lipinski definition) is 1. The van der Waals surface area contributed by atoms with Gasteiger partial charge >= 0.3 is 6.01 Å². The van der Waals surface area contributed by atoms with Crippen LogP contribution in [-0.4, -0.2) is 28.6 Å². The molecule has 0 aliphatic carbocycles. The van der Waals surface area contributed by atoms with E-state index in [1.807, 2.05) is 31.2 Å². The van der Waals surface area contributed by atoms with E-state index in [0.29, 0.717) is 6.54 Å². The zero-order valence-electron chi connectivity index (χ0n) is 15.1. The number of rotatable bonds is 4. The van der Waals surface area contributed by atoms with E-state index in [0.717, 1.165) is 17.3 Å². The Hall–Kier alpha value is -3.55. The summed E-state index contributed by atoms with van der Waals surface area (Å²) in [6.45, 7) is 2.40. The molecule has 0 saturated carbocycles. The molecule has 0 unspecified atom stereocenters. The van der Waals surface area contributed by atoms with Gasteiger partial charge in [0.15, 0.2) is 0 Å². The van der Waals surface area contributed by atoms with Gasteiger partial charge in [-0.2, -0.15) is 0 Å². The number of nitrogens with zero attached hydrogens (tertiary/aromatic N) is 3. The van der Waals surface area contributed by atoms with Crippen LogP contribution in [0.1, 0.15) is 34.2 Å². The number of benzene rings is 2. The topological polar surface area (TPSA) is 88.3 Å². The molecule has 1 fully saturated rings. The summed E-state index contributed by atoms with van der Waals surface area (Å²) in [5.74, 6) is -1.09. The number of amides is 2. The number of carbonyl (C=O) groups is 2. The summed E-state index contributed by atoms with van der Waals surface area (Å²) in [5, 5.41) is 10.2. The SMILES string of the molecule is Cc1ccc(N2C[C@H](c3nnc(NC(=O)c4cccc(F)c4)o3)CC2=O)cc1. The molecule has 1 aliphatic rings. The van der Waals surface area contributed by atoms with E-state index >= 15 is 0 Å². The molecule has 0 spiro atoms. The lowest BCUT2D eigenvalue weighted by Gasteiger charge is -2.16. The smallest absolute Gasteiger partial charge is 0.322 e. The van der Waals surface area contributed by atoms with Gasteiger partial charge in [-0.25, -0.2) is 4.39 Å². The molecule has 142 valence electrons. The van der Waals surface area contributed by atoms with Gasteiger partial charge in [0.2, 0.25) is 11.8 Å². The Bertz CT molecular complexity index is 1030. The van der Waals surface area contributed by atoms with Crippen LogP contribution < -0.4 is 10.2 Å². The Labute approximate surface area is 160 Å². The second-order valence-electron chi connectivity index (χ2n) is 6.65. The Morgan fingerprint density at radius 3 is 2.75 bits per heavy atom. The van der Waals surface area contributed by atoms with Crippen LogP contribution in [-0.2, 0) is 4.79 Å². The summed E-state index contributed by atoms with van der Waals surface area (Å²) < 4.78 is 18.8. The van der Waals surface area contributed by atoms with Crippen molar-refractivity contribution >= 4 is 23.5 Å². The molecule has 28 heavy (non-hydrogen) atoms. The molecule has 2 heterocycles. The van der Waals surface area contributed by atoms with E-state index in [2.05, 4.69) is 15.5 Å². The third-order valence-electron chi connectivity index (χ3n) is 4.57. The van der Waals surface area contributed by atoms with Crippen LogP contribution >= 0.6 is 0 Å². The molecule has 7 nitrogen and oxygen atoms in total. The fourth-order valence-electron chi connectivity index (χ4n) is 3.10. The van der Waals surface area contributed by atoms with Gasteiger partial charge in [0.1, 0.15) is 5.82 Å². The number of aromatic nitrogens is 2. The molecule has 1 aliphatic heterocycles. The van der Waals surface area contributed by atoms with Crippen LogP contribution in [0.25, 0.3) is 0 Å². The monoisotopic (exact) mass is 380 g/mol. The maximum atomic E-state index is 13.2. The molecule has 2 amide bonds. The first-order valence-corrected chi connectivity index (χ1v) is 8.77. The van der Waals surface area contributed by atoms with Crippen molar-refractivity contribution in [2.45, 2.75) is 19.3 Å². The molecule has 0 bridgehead atoms. The van der Waals surface area contributed by atoms with E-state index in [4.69, 9.17) is 4.42 Å². The van der Waals surface area contributed by atoms with Crippen LogP contribution in [0.4, 0.5) is 16.1 Å². The Kier molecular flexibility index (Phi) is 4.60. The van der Waals surface area contributed by atoms with E-state index in [1.54, 1.807) is 4.90 Å². The lowest BCUT2D eigenvalue weighted by atomic mass is 10.1. The van der Waals surface area contributed by atoms with Crippen LogP contribution in [0.15, 0.2) is 52.9 Å². The highest BCUT2D eigenvalue weighted by Crippen LogP contribution is 2.31. The van der Waals surface area contributed by atoms with E-state index in [1.165, 1.54) is 18.2 Å². The number of halogens is 1. The normalized spacial score (nSPS) is 16.4. The lowest BCUT2D eigenvalue weighted by Crippen LogP contribution is -2.24. The zero-order valence-corrected chi connectivity index (χ0v) is 15.1. The van der Waals surface area contributed by atoms with Crippen molar-refractivity contribution in [3.8, 4) is 0 Å². The summed E-state index contributed by atoms with van der Waals surface area (Å²) in [4.78, 5) is 26.2. The van der Waals surface area contributed by atoms with E-state index < -0.39 is 11.7 Å². The van der Waals surface area contributed by atoms with Crippen molar-refractivity contribution in [3.63, 3.8) is 0 Å². The Morgan fingerprint density at radius 1 is 1.21 bits per heavy atom. The first kappa shape index (κ1) is 17.8. The minimum atomic E-state index is -0.557. The molecule has 1 saturated heterocycles. The van der Waals surface area contributed by atoms with Crippen molar-refractivity contribution in [3.05, 3.63) is 71.4 Å². The quantitative estimate of drug-likeness (QED) is 0.750. The Morgan fingerprint density at radius 2 is 2.00 bits per heavy atom. The minimum Gasteiger partial charge on any atom is -0.407 e. The highest BCUT2D eigenvalue weighted by Gasteiger charge is 2.35. The number of aryl methyl sites for hydroxylation is 1. The summed E-state index contributed by atoms with van der Waals surface area (Å²) in [5.41, 5.74) is 2.07. The predicted octanol–water partition coefficient (Wildman–Crippen LogP) is 3.29. The van der Waals surface area contributed by atoms with E-state index in [-0.39, 0.29) is 35.7 Å². The lowest BCUT2D eigenvalue weighted by molar-refractivity contribution is -0.117. The Balaban J connectivity index is 1.45. The van der Waals surface area contributed by atoms with Crippen LogP contribution in [0, 0.1) is 12.7 Å². The molecule has 1 N–H and O–H groups in total. The first-order valence-electron chi connectivity index (χ1n) is 8.77. The second-order valence-corrected chi connectivity index (χ2v) is 6.65.